The van der Waals surface area contributed by atoms with Gasteiger partial charge >= 0.3 is 0 Å². The van der Waals surface area contributed by atoms with E-state index in [9.17, 15) is 14.4 Å². The van der Waals surface area contributed by atoms with E-state index in [0.29, 0.717) is 74.1 Å². The molecule has 2 aromatic rings. The molecule has 0 spiro atoms. The Labute approximate surface area is 245 Å². The summed E-state index contributed by atoms with van der Waals surface area (Å²) in [6.07, 6.45) is 3.73. The molecule has 0 saturated carbocycles. The van der Waals surface area contributed by atoms with E-state index in [4.69, 9.17) is 18.9 Å². The minimum Gasteiger partial charge on any atom is -0.493 e. The number of amides is 2. The molecule has 0 bridgehead atoms. The molecule has 2 amide bonds. The summed E-state index contributed by atoms with van der Waals surface area (Å²) in [7, 11) is 4.69. The van der Waals surface area contributed by atoms with E-state index in [2.05, 4.69) is 10.6 Å². The number of hydrogen-bond acceptors (Lipinski definition) is 9. The van der Waals surface area contributed by atoms with Crippen LogP contribution in [0.15, 0.2) is 29.1 Å². The summed E-state index contributed by atoms with van der Waals surface area (Å²) in [6.45, 7) is 3.52. The van der Waals surface area contributed by atoms with Crippen molar-refractivity contribution in [3.8, 4) is 28.4 Å². The average Bonchev–Trinajstić information content (AvgIpc) is 3.22. The molecule has 10 nitrogen and oxygen atoms in total. The van der Waals surface area contributed by atoms with Gasteiger partial charge in [-0.25, -0.2) is 0 Å². The highest BCUT2D eigenvalue weighted by atomic mass is 32.2. The first kappa shape index (κ1) is 30.5. The number of nitrogens with zero attached hydrogens (tertiary/aromatic N) is 1. The zero-order valence-electron chi connectivity index (χ0n) is 24.3. The van der Waals surface area contributed by atoms with Crippen LogP contribution in [0, 0.1) is 0 Å². The summed E-state index contributed by atoms with van der Waals surface area (Å²) in [5.41, 5.74) is 3.17. The molecule has 0 radical (unpaired) electrons. The predicted molar refractivity (Wildman–Crippen MR) is 160 cm³/mol. The largest absolute Gasteiger partial charge is 0.493 e. The zero-order valence-corrected chi connectivity index (χ0v) is 25.2. The van der Waals surface area contributed by atoms with Crippen molar-refractivity contribution in [2.45, 2.75) is 38.3 Å². The molecule has 0 unspecified atom stereocenters. The van der Waals surface area contributed by atoms with Crippen molar-refractivity contribution in [2.75, 3.05) is 65.0 Å². The van der Waals surface area contributed by atoms with Gasteiger partial charge in [-0.15, -0.1) is 0 Å². The van der Waals surface area contributed by atoms with Crippen LogP contribution in [0.2, 0.25) is 0 Å². The SMILES string of the molecule is COc1cc2c(c(OC)c1OC)-c1ccc(N[C@@H](CCSC)C(=O)N3CCOCC3)c(=O)cc1[C@@H](NC(C)=O)CC2. The molecule has 222 valence electrons. The second-order valence-corrected chi connectivity index (χ2v) is 11.0. The summed E-state index contributed by atoms with van der Waals surface area (Å²) < 4.78 is 22.5. The van der Waals surface area contributed by atoms with Crippen LogP contribution in [-0.4, -0.2) is 82.4 Å². The lowest BCUT2D eigenvalue weighted by Crippen LogP contribution is -2.48. The van der Waals surface area contributed by atoms with Crippen LogP contribution < -0.4 is 30.3 Å². The fraction of sp³-hybridized carbons (Fsp3) is 0.500. The number of carbonyl (C=O) groups excluding carboxylic acids is 2. The number of aryl methyl sites for hydroxylation is 1. The number of morpholine rings is 1. The van der Waals surface area contributed by atoms with Gasteiger partial charge in [0.1, 0.15) is 6.04 Å². The van der Waals surface area contributed by atoms with Gasteiger partial charge in [-0.3, -0.25) is 14.4 Å². The molecule has 4 rings (SSSR count). The third-order valence-electron chi connectivity index (χ3n) is 7.48. The highest BCUT2D eigenvalue weighted by Gasteiger charge is 2.30. The van der Waals surface area contributed by atoms with Crippen LogP contribution in [0.3, 0.4) is 0 Å². The van der Waals surface area contributed by atoms with Gasteiger partial charge in [0, 0.05) is 25.6 Å². The van der Waals surface area contributed by atoms with E-state index in [1.165, 1.54) is 6.92 Å². The number of rotatable bonds is 10. The lowest BCUT2D eigenvalue weighted by molar-refractivity contribution is -0.136. The van der Waals surface area contributed by atoms with Crippen LogP contribution in [0.5, 0.6) is 17.2 Å². The Morgan fingerprint density at radius 3 is 2.46 bits per heavy atom. The van der Waals surface area contributed by atoms with Gasteiger partial charge in [0.25, 0.3) is 0 Å². The molecular weight excluding hydrogens is 546 g/mol. The second kappa shape index (κ2) is 14.0. The minimum atomic E-state index is -0.562. The average molecular weight is 586 g/mol. The summed E-state index contributed by atoms with van der Waals surface area (Å²) >= 11 is 1.65. The monoisotopic (exact) mass is 585 g/mol. The number of ether oxygens (including phenoxy) is 4. The number of benzene rings is 1. The molecule has 2 N–H and O–H groups in total. The van der Waals surface area contributed by atoms with Crippen molar-refractivity contribution in [3.05, 3.63) is 45.6 Å². The molecule has 1 aliphatic heterocycles. The Kier molecular flexibility index (Phi) is 10.4. The quantitative estimate of drug-likeness (QED) is 0.434. The minimum absolute atomic E-state index is 0.0465. The summed E-state index contributed by atoms with van der Waals surface area (Å²) in [6, 6.07) is 6.08. The number of methoxy groups -OCH3 is 3. The van der Waals surface area contributed by atoms with Crippen LogP contribution in [0.4, 0.5) is 5.69 Å². The van der Waals surface area contributed by atoms with Gasteiger partial charge in [0.05, 0.1) is 46.3 Å². The first-order valence-electron chi connectivity index (χ1n) is 13.7. The van der Waals surface area contributed by atoms with Crippen molar-refractivity contribution >= 4 is 29.3 Å². The van der Waals surface area contributed by atoms with Gasteiger partial charge in [0.2, 0.25) is 23.0 Å². The maximum atomic E-state index is 13.7. The number of fused-ring (bicyclic) bond motifs is 3. The first-order valence-corrected chi connectivity index (χ1v) is 15.1. The molecule has 2 aliphatic rings. The molecule has 41 heavy (non-hydrogen) atoms. The molecule has 11 heteroatoms. The van der Waals surface area contributed by atoms with Gasteiger partial charge in [-0.2, -0.15) is 11.8 Å². The van der Waals surface area contributed by atoms with E-state index in [-0.39, 0.29) is 17.2 Å². The Morgan fingerprint density at radius 1 is 1.10 bits per heavy atom. The molecule has 1 saturated heterocycles. The standard InChI is InChI=1S/C30H39N3O7S/c1-18(34)31-22-8-6-19-16-26(37-2)28(38-3)29(39-4)27(19)20-7-9-23(25(35)17-21(20)22)32-24(10-15-41-5)30(36)33-11-13-40-14-12-33/h7,9,16-17,22,24H,6,8,10-15H2,1-5H3,(H,31,34)(H,32,35)/t22-,24-/m0/s1. The number of nitrogens with one attached hydrogen (secondary N) is 2. The lowest BCUT2D eigenvalue weighted by atomic mass is 9.95. The molecule has 1 aliphatic carbocycles. The van der Waals surface area contributed by atoms with E-state index in [1.54, 1.807) is 50.1 Å². The van der Waals surface area contributed by atoms with Gasteiger partial charge < -0.3 is 34.5 Å². The normalized spacial score (nSPS) is 16.9. The molecular formula is C30H39N3O7S. The Hall–Kier alpha value is -3.44. The zero-order chi connectivity index (χ0) is 29.5. The van der Waals surface area contributed by atoms with E-state index >= 15 is 0 Å². The molecule has 2 atom stereocenters. The van der Waals surface area contributed by atoms with E-state index < -0.39 is 12.1 Å². The summed E-state index contributed by atoms with van der Waals surface area (Å²) in [4.78, 5) is 41.2. The van der Waals surface area contributed by atoms with Gasteiger partial charge in [-0.1, -0.05) is 6.07 Å². The summed E-state index contributed by atoms with van der Waals surface area (Å²) in [5.74, 6) is 1.98. The molecule has 1 fully saturated rings. The van der Waals surface area contributed by atoms with Crippen LogP contribution >= 0.6 is 11.8 Å². The topological polar surface area (TPSA) is 115 Å². The van der Waals surface area contributed by atoms with Crippen molar-refractivity contribution in [1.82, 2.24) is 10.2 Å². The Morgan fingerprint density at radius 2 is 1.83 bits per heavy atom. The Balaban J connectivity index is 1.86. The highest BCUT2D eigenvalue weighted by molar-refractivity contribution is 7.98. The second-order valence-electron chi connectivity index (χ2n) is 10.0. The highest BCUT2D eigenvalue weighted by Crippen LogP contribution is 2.50. The van der Waals surface area contributed by atoms with Gasteiger partial charge in [0.15, 0.2) is 11.5 Å². The van der Waals surface area contributed by atoms with E-state index in [0.717, 1.165) is 22.4 Å². The van der Waals surface area contributed by atoms with Crippen LogP contribution in [0.1, 0.15) is 36.9 Å². The van der Waals surface area contributed by atoms with Crippen molar-refractivity contribution < 1.29 is 28.5 Å². The molecule has 1 heterocycles. The fourth-order valence-electron chi connectivity index (χ4n) is 5.51. The number of carbonyl (C=O) groups is 2. The molecule has 0 aromatic heterocycles. The smallest absolute Gasteiger partial charge is 0.245 e. The third kappa shape index (κ3) is 6.73. The maximum absolute atomic E-state index is 13.7. The Bertz CT molecular complexity index is 1330. The predicted octanol–water partition coefficient (Wildman–Crippen LogP) is 3.26. The number of anilines is 1. The summed E-state index contributed by atoms with van der Waals surface area (Å²) in [5, 5.41) is 6.29. The fourth-order valence-corrected chi connectivity index (χ4v) is 5.98. The number of hydrogen-bond donors (Lipinski definition) is 2. The maximum Gasteiger partial charge on any atom is 0.245 e. The lowest BCUT2D eigenvalue weighted by Gasteiger charge is -2.31. The van der Waals surface area contributed by atoms with Gasteiger partial charge in [-0.05, 0) is 66.2 Å². The van der Waals surface area contributed by atoms with Crippen molar-refractivity contribution in [3.63, 3.8) is 0 Å². The van der Waals surface area contributed by atoms with E-state index in [1.807, 2.05) is 18.4 Å². The van der Waals surface area contributed by atoms with Crippen molar-refractivity contribution in [1.29, 1.82) is 0 Å². The van der Waals surface area contributed by atoms with Crippen LogP contribution in [0.25, 0.3) is 11.1 Å². The third-order valence-corrected chi connectivity index (χ3v) is 8.12. The van der Waals surface area contributed by atoms with Crippen LogP contribution in [-0.2, 0) is 20.7 Å². The first-order chi connectivity index (χ1) is 19.8. The molecule has 2 aromatic carbocycles. The van der Waals surface area contributed by atoms with Crippen molar-refractivity contribution in [2.24, 2.45) is 0 Å². The number of thioether (sulfide) groups is 1.